The van der Waals surface area contributed by atoms with Gasteiger partial charge in [-0.05, 0) is 32.4 Å². The van der Waals surface area contributed by atoms with Crippen molar-refractivity contribution >= 4 is 23.0 Å². The average molecular weight is 320 g/mol. The van der Waals surface area contributed by atoms with Crippen molar-refractivity contribution in [1.82, 2.24) is 10.3 Å². The highest BCUT2D eigenvalue weighted by atomic mass is 17.2. The van der Waals surface area contributed by atoms with Crippen molar-refractivity contribution in [2.24, 2.45) is 0 Å². The minimum atomic E-state index is -1.15. The Morgan fingerprint density at radius 1 is 1.30 bits per heavy atom. The summed E-state index contributed by atoms with van der Waals surface area (Å²) in [5, 5.41) is 12.5. The Morgan fingerprint density at radius 2 is 2.00 bits per heavy atom. The zero-order valence-electron chi connectivity index (χ0n) is 13.3. The summed E-state index contributed by atoms with van der Waals surface area (Å²) in [7, 11) is 0. The number of hydrogen-bond donors (Lipinski definition) is 3. The first-order valence-electron chi connectivity index (χ1n) is 7.20. The van der Waals surface area contributed by atoms with E-state index in [2.05, 4.69) is 15.2 Å². The second kappa shape index (κ2) is 6.70. The number of aliphatic carboxylic acids is 1. The molecule has 1 heterocycles. The van der Waals surface area contributed by atoms with Crippen LogP contribution in [0.25, 0.3) is 10.9 Å². The molecule has 2 rings (SSSR count). The van der Waals surface area contributed by atoms with E-state index in [0.717, 1.165) is 16.5 Å². The van der Waals surface area contributed by atoms with Crippen LogP contribution < -0.4 is 5.32 Å². The number of benzene rings is 1. The van der Waals surface area contributed by atoms with Gasteiger partial charge in [-0.15, -0.1) is 0 Å². The summed E-state index contributed by atoms with van der Waals surface area (Å²) in [6.07, 6.45) is 0.927. The lowest BCUT2D eigenvalue weighted by atomic mass is 10.1. The molecule has 0 radical (unpaired) electrons. The number of H-pyrrole nitrogens is 1. The summed E-state index contributed by atoms with van der Waals surface area (Å²) >= 11 is 0. The minimum absolute atomic E-state index is 0.129. The molecule has 0 saturated carbocycles. The van der Waals surface area contributed by atoms with E-state index in [9.17, 15) is 14.7 Å². The molecular weight excluding hydrogens is 300 g/mol. The number of carboxylic acid groups (broad SMARTS) is 1. The molecule has 23 heavy (non-hydrogen) atoms. The minimum Gasteiger partial charge on any atom is -0.480 e. The van der Waals surface area contributed by atoms with Crippen LogP contribution in [0, 0.1) is 0 Å². The van der Waals surface area contributed by atoms with Gasteiger partial charge in [-0.25, -0.2) is 9.59 Å². The van der Waals surface area contributed by atoms with Crippen LogP contribution in [-0.2, 0) is 21.0 Å². The normalized spacial score (nSPS) is 12.8. The van der Waals surface area contributed by atoms with E-state index in [1.807, 2.05) is 24.3 Å². The fourth-order valence-electron chi connectivity index (χ4n) is 2.05. The molecule has 0 aliphatic heterocycles. The maximum absolute atomic E-state index is 11.7. The SMILES string of the molecule is CC(C)(C)OOC(=O)NC(Cc1c[nH]c2ccccc12)C(=O)O. The maximum atomic E-state index is 11.7. The van der Waals surface area contributed by atoms with Gasteiger partial charge in [0.25, 0.3) is 0 Å². The standard InChI is InChI=1S/C16H20N2O5/c1-16(2,3)23-22-15(21)18-13(14(19)20)8-10-9-17-12-7-5-4-6-11(10)12/h4-7,9,13,17H,8H2,1-3H3,(H,18,21)(H,19,20). The van der Waals surface area contributed by atoms with Crippen LogP contribution in [0.4, 0.5) is 4.79 Å². The number of carboxylic acids is 1. The maximum Gasteiger partial charge on any atom is 0.439 e. The molecule has 0 aliphatic carbocycles. The number of aromatic amines is 1. The van der Waals surface area contributed by atoms with E-state index in [0.29, 0.717) is 0 Å². The zero-order valence-corrected chi connectivity index (χ0v) is 13.3. The van der Waals surface area contributed by atoms with Gasteiger partial charge >= 0.3 is 12.1 Å². The third-order valence-electron chi connectivity index (χ3n) is 3.06. The lowest BCUT2D eigenvalue weighted by Gasteiger charge is -2.18. The van der Waals surface area contributed by atoms with Gasteiger partial charge in [0.05, 0.1) is 0 Å². The van der Waals surface area contributed by atoms with Crippen LogP contribution >= 0.6 is 0 Å². The largest absolute Gasteiger partial charge is 0.480 e. The number of amides is 1. The summed E-state index contributed by atoms with van der Waals surface area (Å²) < 4.78 is 0. The lowest BCUT2D eigenvalue weighted by Crippen LogP contribution is -2.43. The second-order valence-electron chi connectivity index (χ2n) is 6.17. The Morgan fingerprint density at radius 3 is 2.65 bits per heavy atom. The monoisotopic (exact) mass is 320 g/mol. The van der Waals surface area contributed by atoms with Crippen LogP contribution in [0.2, 0.25) is 0 Å². The molecule has 1 aromatic heterocycles. The lowest BCUT2D eigenvalue weighted by molar-refractivity contribution is -0.300. The summed E-state index contributed by atoms with van der Waals surface area (Å²) in [6.45, 7) is 5.13. The predicted octanol–water partition coefficient (Wildman–Crippen LogP) is 2.62. The third kappa shape index (κ3) is 4.72. The number of aromatic nitrogens is 1. The topological polar surface area (TPSA) is 101 Å². The first-order chi connectivity index (χ1) is 10.8. The van der Waals surface area contributed by atoms with Crippen molar-refractivity contribution in [3.05, 3.63) is 36.0 Å². The molecule has 0 spiro atoms. The van der Waals surface area contributed by atoms with Crippen molar-refractivity contribution in [2.75, 3.05) is 0 Å². The van der Waals surface area contributed by atoms with Gasteiger partial charge in [0.15, 0.2) is 0 Å². The number of nitrogens with one attached hydrogen (secondary N) is 2. The first-order valence-corrected chi connectivity index (χ1v) is 7.20. The molecule has 1 unspecified atom stereocenters. The van der Waals surface area contributed by atoms with Gasteiger partial charge in [-0.1, -0.05) is 18.2 Å². The molecule has 7 heteroatoms. The molecule has 3 N–H and O–H groups in total. The molecule has 7 nitrogen and oxygen atoms in total. The number of rotatable bonds is 5. The molecule has 1 aromatic carbocycles. The Labute approximate surface area is 133 Å². The molecule has 1 amide bonds. The summed E-state index contributed by atoms with van der Waals surface area (Å²) in [5.74, 6) is -1.15. The average Bonchev–Trinajstić information content (AvgIpc) is 2.87. The van der Waals surface area contributed by atoms with E-state index in [1.54, 1.807) is 27.0 Å². The highest BCUT2D eigenvalue weighted by molar-refractivity contribution is 5.85. The van der Waals surface area contributed by atoms with Crippen molar-refractivity contribution in [3.63, 3.8) is 0 Å². The number of hydrogen-bond acceptors (Lipinski definition) is 4. The quantitative estimate of drug-likeness (QED) is 0.581. The number of carbonyl (C=O) groups excluding carboxylic acids is 1. The Bertz CT molecular complexity index is 702. The van der Waals surface area contributed by atoms with Gasteiger partial charge in [-0.3, -0.25) is 4.89 Å². The molecule has 0 bridgehead atoms. The van der Waals surface area contributed by atoms with Crippen LogP contribution in [-0.4, -0.2) is 33.8 Å². The number of para-hydroxylation sites is 1. The van der Waals surface area contributed by atoms with E-state index < -0.39 is 23.7 Å². The van der Waals surface area contributed by atoms with Gasteiger partial charge < -0.3 is 15.4 Å². The van der Waals surface area contributed by atoms with Crippen LogP contribution in [0.15, 0.2) is 30.5 Å². The predicted molar refractivity (Wildman–Crippen MR) is 83.9 cm³/mol. The molecule has 0 saturated heterocycles. The van der Waals surface area contributed by atoms with Crippen LogP contribution in [0.3, 0.4) is 0 Å². The molecule has 2 aromatic rings. The van der Waals surface area contributed by atoms with Crippen molar-refractivity contribution in [2.45, 2.75) is 38.8 Å². The van der Waals surface area contributed by atoms with E-state index >= 15 is 0 Å². The van der Waals surface area contributed by atoms with Crippen LogP contribution in [0.5, 0.6) is 0 Å². The van der Waals surface area contributed by atoms with Gasteiger partial charge in [0, 0.05) is 23.5 Å². The van der Waals surface area contributed by atoms with Crippen molar-refractivity contribution < 1.29 is 24.5 Å². The Balaban J connectivity index is 2.04. The van der Waals surface area contributed by atoms with Crippen molar-refractivity contribution in [1.29, 1.82) is 0 Å². The van der Waals surface area contributed by atoms with Gasteiger partial charge in [0.1, 0.15) is 11.6 Å². The summed E-state index contributed by atoms with van der Waals surface area (Å²) in [6, 6.07) is 6.42. The fraction of sp³-hybridized carbons (Fsp3) is 0.375. The van der Waals surface area contributed by atoms with Gasteiger partial charge in [0.2, 0.25) is 0 Å². The van der Waals surface area contributed by atoms with E-state index in [4.69, 9.17) is 4.89 Å². The van der Waals surface area contributed by atoms with E-state index in [1.165, 1.54) is 0 Å². The Kier molecular flexibility index (Phi) is 4.90. The Hall–Kier alpha value is -2.54. The van der Waals surface area contributed by atoms with E-state index in [-0.39, 0.29) is 6.42 Å². The highest BCUT2D eigenvalue weighted by Gasteiger charge is 2.24. The molecule has 0 fully saturated rings. The van der Waals surface area contributed by atoms with Crippen molar-refractivity contribution in [3.8, 4) is 0 Å². The first kappa shape index (κ1) is 16.8. The zero-order chi connectivity index (χ0) is 17.0. The van der Waals surface area contributed by atoms with Gasteiger partial charge in [-0.2, -0.15) is 4.89 Å². The third-order valence-corrected chi connectivity index (χ3v) is 3.06. The smallest absolute Gasteiger partial charge is 0.439 e. The molecule has 1 atom stereocenters. The number of fused-ring (bicyclic) bond motifs is 1. The molecule has 124 valence electrons. The highest BCUT2D eigenvalue weighted by Crippen LogP contribution is 2.19. The summed E-state index contributed by atoms with van der Waals surface area (Å²) in [5.41, 5.74) is 1.03. The van der Waals surface area contributed by atoms with Crippen LogP contribution in [0.1, 0.15) is 26.3 Å². The second-order valence-corrected chi connectivity index (χ2v) is 6.17. The fourth-order valence-corrected chi connectivity index (χ4v) is 2.05. The molecular formula is C16H20N2O5. The molecule has 0 aliphatic rings. The number of carbonyl (C=O) groups is 2. The summed E-state index contributed by atoms with van der Waals surface area (Å²) in [4.78, 5) is 35.6.